The number of hydrogen-bond donors (Lipinski definition) is 2. The van der Waals surface area contributed by atoms with E-state index in [-0.39, 0.29) is 24.6 Å². The van der Waals surface area contributed by atoms with E-state index in [1.54, 1.807) is 6.92 Å². The largest absolute Gasteiger partial charge is 0.477 e. The summed E-state index contributed by atoms with van der Waals surface area (Å²) in [5.41, 5.74) is 0.217. The molecule has 0 aromatic heterocycles. The third-order valence-corrected chi connectivity index (χ3v) is 4.68. The Morgan fingerprint density at radius 2 is 2.14 bits per heavy atom. The van der Waals surface area contributed by atoms with Crippen LogP contribution in [0.15, 0.2) is 11.3 Å². The van der Waals surface area contributed by atoms with Gasteiger partial charge in [0.15, 0.2) is 0 Å². The molecule has 1 fully saturated rings. The van der Waals surface area contributed by atoms with Gasteiger partial charge in [0.25, 0.3) is 5.91 Å². The fourth-order valence-electron chi connectivity index (χ4n) is 2.26. The second-order valence-corrected chi connectivity index (χ2v) is 5.95. The van der Waals surface area contributed by atoms with Crippen molar-refractivity contribution in [2.24, 2.45) is 0 Å². The zero-order valence-corrected chi connectivity index (χ0v) is 12.9. The van der Waals surface area contributed by atoms with E-state index < -0.39 is 29.3 Å². The fraction of sp³-hybridized carbons (Fsp3) is 0.538. The highest BCUT2D eigenvalue weighted by Gasteiger charge is 2.54. The minimum atomic E-state index is -1.25. The standard InChI is InChI=1S/C13H16N2O6S/c1-3-8(17)14-9-11(18)15-10(13(19)20)7(4-21-6(2)16)5-22-12(9)15/h9,12H,3-5H2,1-2H3,(H,14,17)(H,19,20)/t9-,12+/m0/s1. The van der Waals surface area contributed by atoms with Gasteiger partial charge in [0.1, 0.15) is 23.7 Å². The number of hydrogen-bond acceptors (Lipinski definition) is 6. The molecule has 22 heavy (non-hydrogen) atoms. The van der Waals surface area contributed by atoms with Crippen LogP contribution in [0.25, 0.3) is 0 Å². The molecule has 2 aliphatic heterocycles. The second kappa shape index (κ2) is 6.39. The maximum absolute atomic E-state index is 12.1. The Hall–Kier alpha value is -2.03. The minimum Gasteiger partial charge on any atom is -0.477 e. The Kier molecular flexibility index (Phi) is 4.74. The highest BCUT2D eigenvalue weighted by atomic mass is 32.2. The highest BCUT2D eigenvalue weighted by molar-refractivity contribution is 8.00. The molecule has 2 N–H and O–H groups in total. The van der Waals surface area contributed by atoms with Crippen molar-refractivity contribution < 1.29 is 29.0 Å². The first-order valence-electron chi connectivity index (χ1n) is 6.69. The SMILES string of the molecule is CCC(=O)N[C@H]1C(=O)N2C(C(=O)O)=C(COC(C)=O)CS[C@H]12. The summed E-state index contributed by atoms with van der Waals surface area (Å²) in [5.74, 6) is -2.17. The smallest absolute Gasteiger partial charge is 0.352 e. The molecule has 2 heterocycles. The van der Waals surface area contributed by atoms with Gasteiger partial charge >= 0.3 is 11.9 Å². The zero-order valence-electron chi connectivity index (χ0n) is 12.1. The number of ether oxygens (including phenoxy) is 1. The van der Waals surface area contributed by atoms with Crippen LogP contribution >= 0.6 is 11.8 Å². The third kappa shape index (κ3) is 2.94. The number of carbonyl (C=O) groups is 4. The van der Waals surface area contributed by atoms with Gasteiger partial charge in [-0.1, -0.05) is 6.92 Å². The molecular weight excluding hydrogens is 312 g/mol. The lowest BCUT2D eigenvalue weighted by molar-refractivity contribution is -0.151. The van der Waals surface area contributed by atoms with Gasteiger partial charge in [0, 0.05) is 24.7 Å². The highest BCUT2D eigenvalue weighted by Crippen LogP contribution is 2.40. The molecule has 9 heteroatoms. The average Bonchev–Trinajstić information content (AvgIpc) is 2.48. The topological polar surface area (TPSA) is 113 Å². The summed E-state index contributed by atoms with van der Waals surface area (Å²) in [6.07, 6.45) is 0.250. The van der Waals surface area contributed by atoms with Crippen molar-refractivity contribution in [3.8, 4) is 0 Å². The van der Waals surface area contributed by atoms with Crippen molar-refractivity contribution in [3.63, 3.8) is 0 Å². The first kappa shape index (κ1) is 16.3. The number of thioether (sulfide) groups is 1. The molecule has 8 nitrogen and oxygen atoms in total. The maximum atomic E-state index is 12.1. The monoisotopic (exact) mass is 328 g/mol. The number of aliphatic carboxylic acids is 1. The predicted molar refractivity (Wildman–Crippen MR) is 76.6 cm³/mol. The molecule has 0 spiro atoms. The molecule has 0 aliphatic carbocycles. The van der Waals surface area contributed by atoms with Gasteiger partial charge in [-0.05, 0) is 0 Å². The first-order chi connectivity index (χ1) is 10.4. The lowest BCUT2D eigenvalue weighted by Crippen LogP contribution is -2.70. The quantitative estimate of drug-likeness (QED) is 0.526. The molecule has 2 amide bonds. The van der Waals surface area contributed by atoms with Crippen molar-refractivity contribution in [3.05, 3.63) is 11.3 Å². The number of amides is 2. The Morgan fingerprint density at radius 1 is 1.45 bits per heavy atom. The molecule has 120 valence electrons. The molecule has 2 aliphatic rings. The summed E-state index contributed by atoms with van der Waals surface area (Å²) < 4.78 is 4.83. The van der Waals surface area contributed by atoms with Gasteiger partial charge in [0.05, 0.1) is 0 Å². The van der Waals surface area contributed by atoms with Crippen molar-refractivity contribution in [2.75, 3.05) is 12.4 Å². The molecule has 0 bridgehead atoms. The van der Waals surface area contributed by atoms with Crippen LogP contribution < -0.4 is 5.32 Å². The van der Waals surface area contributed by atoms with E-state index in [9.17, 15) is 24.3 Å². The minimum absolute atomic E-state index is 0.156. The third-order valence-electron chi connectivity index (χ3n) is 3.34. The van der Waals surface area contributed by atoms with Crippen LogP contribution in [0.1, 0.15) is 20.3 Å². The van der Waals surface area contributed by atoms with Gasteiger partial charge in [-0.3, -0.25) is 19.3 Å². The van der Waals surface area contributed by atoms with Crippen LogP contribution in [0.2, 0.25) is 0 Å². The Labute approximate surface area is 130 Å². The number of carboxylic acids is 1. The van der Waals surface area contributed by atoms with Crippen LogP contribution in [0.3, 0.4) is 0 Å². The molecule has 0 radical (unpaired) electrons. The van der Waals surface area contributed by atoms with E-state index in [0.29, 0.717) is 11.3 Å². The van der Waals surface area contributed by atoms with Crippen LogP contribution in [0, 0.1) is 0 Å². The zero-order chi connectivity index (χ0) is 16.4. The number of esters is 1. The molecule has 2 atom stereocenters. The van der Waals surface area contributed by atoms with E-state index >= 15 is 0 Å². The van der Waals surface area contributed by atoms with E-state index in [4.69, 9.17) is 4.74 Å². The lowest BCUT2D eigenvalue weighted by atomic mass is 10.0. The van der Waals surface area contributed by atoms with E-state index in [0.717, 1.165) is 4.90 Å². The van der Waals surface area contributed by atoms with E-state index in [2.05, 4.69) is 5.32 Å². The molecule has 1 saturated heterocycles. The van der Waals surface area contributed by atoms with Gasteiger partial charge < -0.3 is 15.2 Å². The molecule has 0 aromatic rings. The number of rotatable bonds is 5. The molecule has 0 saturated carbocycles. The summed E-state index contributed by atoms with van der Waals surface area (Å²) in [7, 11) is 0. The summed E-state index contributed by atoms with van der Waals surface area (Å²) in [5, 5.41) is 11.5. The number of β-lactam (4-membered cyclic amide) rings is 1. The van der Waals surface area contributed by atoms with Crippen molar-refractivity contribution in [1.29, 1.82) is 0 Å². The molecule has 0 aromatic carbocycles. The normalized spacial score (nSPS) is 23.5. The second-order valence-electron chi connectivity index (χ2n) is 4.85. The Bertz CT molecular complexity index is 573. The van der Waals surface area contributed by atoms with Gasteiger partial charge in [-0.2, -0.15) is 0 Å². The Balaban J connectivity index is 2.19. The van der Waals surface area contributed by atoms with Gasteiger partial charge in [-0.25, -0.2) is 4.79 Å². The molecular formula is C13H16N2O6S. The summed E-state index contributed by atoms with van der Waals surface area (Å²) in [6, 6.07) is -0.706. The Morgan fingerprint density at radius 3 is 2.68 bits per heavy atom. The van der Waals surface area contributed by atoms with Crippen LogP contribution in [-0.4, -0.2) is 57.5 Å². The lowest BCUT2D eigenvalue weighted by Gasteiger charge is -2.49. The summed E-state index contributed by atoms with van der Waals surface area (Å²) in [6.45, 7) is 2.74. The van der Waals surface area contributed by atoms with Gasteiger partial charge in [0.2, 0.25) is 5.91 Å². The van der Waals surface area contributed by atoms with E-state index in [1.807, 2.05) is 0 Å². The predicted octanol–water partition coefficient (Wildman–Crippen LogP) is -0.302. The fourth-order valence-corrected chi connectivity index (χ4v) is 3.59. The number of carboxylic acid groups (broad SMARTS) is 1. The summed E-state index contributed by atoms with van der Waals surface area (Å²) in [4.78, 5) is 47.0. The van der Waals surface area contributed by atoms with Crippen LogP contribution in [-0.2, 0) is 23.9 Å². The van der Waals surface area contributed by atoms with Crippen molar-refractivity contribution >= 4 is 35.5 Å². The number of nitrogens with one attached hydrogen (secondary N) is 1. The van der Waals surface area contributed by atoms with Gasteiger partial charge in [-0.15, -0.1) is 11.8 Å². The van der Waals surface area contributed by atoms with Crippen molar-refractivity contribution in [1.82, 2.24) is 10.2 Å². The summed E-state index contributed by atoms with van der Waals surface area (Å²) >= 11 is 1.34. The molecule has 2 rings (SSSR count). The average molecular weight is 328 g/mol. The first-order valence-corrected chi connectivity index (χ1v) is 7.74. The van der Waals surface area contributed by atoms with Crippen LogP contribution in [0.4, 0.5) is 0 Å². The number of carbonyl (C=O) groups excluding carboxylic acids is 3. The number of nitrogens with zero attached hydrogens (tertiary/aromatic N) is 1. The van der Waals surface area contributed by atoms with Crippen molar-refractivity contribution in [2.45, 2.75) is 31.7 Å². The molecule has 0 unspecified atom stereocenters. The van der Waals surface area contributed by atoms with Crippen LogP contribution in [0.5, 0.6) is 0 Å². The van der Waals surface area contributed by atoms with E-state index in [1.165, 1.54) is 18.7 Å². The maximum Gasteiger partial charge on any atom is 0.352 e. The number of fused-ring (bicyclic) bond motifs is 1.